The number of methoxy groups -OCH3 is 1. The number of nitrogens with zero attached hydrogens (tertiary/aromatic N) is 2. The second kappa shape index (κ2) is 6.63. The van der Waals surface area contributed by atoms with E-state index in [1.165, 1.54) is 6.26 Å². The molecular formula is C10H17N3O3S. The van der Waals surface area contributed by atoms with Gasteiger partial charge in [-0.05, 0) is 6.07 Å². The Bertz CT molecular complexity index is 448. The highest BCUT2D eigenvalue weighted by molar-refractivity contribution is 7.89. The number of sulfone groups is 1. The maximum Gasteiger partial charge on any atom is 0.154 e. The van der Waals surface area contributed by atoms with Gasteiger partial charge in [0.1, 0.15) is 11.6 Å². The molecule has 1 N–H and O–H groups in total. The fourth-order valence-corrected chi connectivity index (χ4v) is 1.84. The Hall–Kier alpha value is -1.05. The van der Waals surface area contributed by atoms with Crippen LogP contribution in [0.1, 0.15) is 11.5 Å². The summed E-state index contributed by atoms with van der Waals surface area (Å²) in [5, 5.41) is 3.13. The molecule has 0 saturated heterocycles. The second-order valence-corrected chi connectivity index (χ2v) is 5.84. The molecule has 0 aliphatic heterocycles. The second-order valence-electron chi connectivity index (χ2n) is 3.70. The fourth-order valence-electron chi connectivity index (χ4n) is 1.23. The quantitative estimate of drug-likeness (QED) is 0.680. The van der Waals surface area contributed by atoms with E-state index in [2.05, 4.69) is 15.3 Å². The van der Waals surface area contributed by atoms with Crippen molar-refractivity contribution in [1.29, 1.82) is 0 Å². The van der Waals surface area contributed by atoms with Gasteiger partial charge in [0, 0.05) is 32.7 Å². The maximum atomic E-state index is 11.1. The first-order chi connectivity index (χ1) is 8.01. The third kappa shape index (κ3) is 6.30. The third-order valence-corrected chi connectivity index (χ3v) is 2.73. The highest BCUT2D eigenvalue weighted by Crippen LogP contribution is 2.00. The van der Waals surface area contributed by atoms with Gasteiger partial charge >= 0.3 is 0 Å². The Labute approximate surface area is 101 Å². The zero-order valence-electron chi connectivity index (χ0n) is 10.0. The Morgan fingerprint density at radius 1 is 1.47 bits per heavy atom. The molecule has 1 rings (SSSR count). The van der Waals surface area contributed by atoms with E-state index in [1.807, 2.05) is 0 Å². The van der Waals surface area contributed by atoms with Crippen molar-refractivity contribution in [3.8, 4) is 0 Å². The van der Waals surface area contributed by atoms with Crippen LogP contribution in [0.2, 0.25) is 0 Å². The van der Waals surface area contributed by atoms with E-state index in [4.69, 9.17) is 4.74 Å². The summed E-state index contributed by atoms with van der Waals surface area (Å²) in [6, 6.07) is 1.76. The molecule has 0 bridgehead atoms. The first-order valence-electron chi connectivity index (χ1n) is 5.19. The van der Waals surface area contributed by atoms with Crippen LogP contribution in [0.5, 0.6) is 0 Å². The zero-order valence-corrected chi connectivity index (χ0v) is 10.8. The molecule has 0 fully saturated rings. The van der Waals surface area contributed by atoms with E-state index < -0.39 is 9.84 Å². The van der Waals surface area contributed by atoms with Gasteiger partial charge in [-0.3, -0.25) is 0 Å². The first kappa shape index (κ1) is 14.0. The predicted octanol–water partition coefficient (Wildman–Crippen LogP) is -0.243. The van der Waals surface area contributed by atoms with Crippen LogP contribution in [0.15, 0.2) is 12.3 Å². The lowest BCUT2D eigenvalue weighted by molar-refractivity contribution is 0.199. The van der Waals surface area contributed by atoms with Gasteiger partial charge in [-0.25, -0.2) is 18.4 Å². The highest BCUT2D eigenvalue weighted by atomic mass is 32.2. The van der Waals surface area contributed by atoms with Gasteiger partial charge in [0.05, 0.1) is 12.3 Å². The van der Waals surface area contributed by atoms with Crippen LogP contribution in [0.25, 0.3) is 0 Å². The molecule has 0 saturated carbocycles. The largest absolute Gasteiger partial charge is 0.383 e. The molecule has 1 heterocycles. The summed E-state index contributed by atoms with van der Waals surface area (Å²) in [6.45, 7) is 1.92. The van der Waals surface area contributed by atoms with E-state index in [9.17, 15) is 8.42 Å². The van der Waals surface area contributed by atoms with Crippen molar-refractivity contribution >= 4 is 9.84 Å². The van der Waals surface area contributed by atoms with Gasteiger partial charge in [0.2, 0.25) is 0 Å². The van der Waals surface area contributed by atoms with Crippen LogP contribution >= 0.6 is 0 Å². The molecular weight excluding hydrogens is 242 g/mol. The zero-order chi connectivity index (χ0) is 12.7. The Morgan fingerprint density at radius 3 is 2.88 bits per heavy atom. The summed E-state index contributed by atoms with van der Waals surface area (Å²) < 4.78 is 27.1. The van der Waals surface area contributed by atoms with Crippen LogP contribution in [-0.2, 0) is 26.9 Å². The van der Waals surface area contributed by atoms with Gasteiger partial charge in [-0.2, -0.15) is 0 Å². The molecule has 1 aromatic rings. The van der Waals surface area contributed by atoms with Gasteiger partial charge in [0.25, 0.3) is 0 Å². The van der Waals surface area contributed by atoms with Gasteiger partial charge < -0.3 is 10.1 Å². The average molecular weight is 259 g/mol. The molecule has 0 spiro atoms. The standard InChI is InChI=1S/C10H17N3O3S/c1-16-6-5-11-7-9-3-4-12-10(13-9)8-17(2,14)15/h3-4,11H,5-8H2,1-2H3. The van der Waals surface area contributed by atoms with Crippen LogP contribution in [-0.4, -0.2) is 44.9 Å². The van der Waals surface area contributed by atoms with E-state index >= 15 is 0 Å². The van der Waals surface area contributed by atoms with Crippen LogP contribution in [0.3, 0.4) is 0 Å². The van der Waals surface area contributed by atoms with E-state index in [0.717, 1.165) is 12.2 Å². The fraction of sp³-hybridized carbons (Fsp3) is 0.600. The van der Waals surface area contributed by atoms with Crippen molar-refractivity contribution in [2.75, 3.05) is 26.5 Å². The molecule has 6 nitrogen and oxygen atoms in total. The molecule has 0 aliphatic rings. The lowest BCUT2D eigenvalue weighted by atomic mass is 10.4. The number of hydrogen-bond acceptors (Lipinski definition) is 6. The molecule has 0 amide bonds. The van der Waals surface area contributed by atoms with Crippen molar-refractivity contribution in [1.82, 2.24) is 15.3 Å². The van der Waals surface area contributed by atoms with Gasteiger partial charge in [-0.1, -0.05) is 0 Å². The lowest BCUT2D eigenvalue weighted by Crippen LogP contribution is -2.19. The van der Waals surface area contributed by atoms with Gasteiger partial charge in [-0.15, -0.1) is 0 Å². The highest BCUT2D eigenvalue weighted by Gasteiger charge is 2.07. The first-order valence-corrected chi connectivity index (χ1v) is 7.25. The number of ether oxygens (including phenoxy) is 1. The number of nitrogens with one attached hydrogen (secondary N) is 1. The SMILES string of the molecule is COCCNCc1ccnc(CS(C)(=O)=O)n1. The Morgan fingerprint density at radius 2 is 2.24 bits per heavy atom. The van der Waals surface area contributed by atoms with Gasteiger partial charge in [0.15, 0.2) is 9.84 Å². The normalized spacial score (nSPS) is 11.6. The third-order valence-electron chi connectivity index (χ3n) is 1.94. The van der Waals surface area contributed by atoms with E-state index in [1.54, 1.807) is 19.4 Å². The monoisotopic (exact) mass is 259 g/mol. The summed E-state index contributed by atoms with van der Waals surface area (Å²) in [7, 11) is -1.45. The molecule has 0 aliphatic carbocycles. The summed E-state index contributed by atoms with van der Waals surface area (Å²) in [6.07, 6.45) is 2.74. The number of hydrogen-bond donors (Lipinski definition) is 1. The molecule has 7 heteroatoms. The summed E-state index contributed by atoms with van der Waals surface area (Å²) in [5.74, 6) is 0.206. The average Bonchev–Trinajstić information content (AvgIpc) is 2.23. The maximum absolute atomic E-state index is 11.1. The van der Waals surface area contributed by atoms with Crippen LogP contribution < -0.4 is 5.32 Å². The Kier molecular flexibility index (Phi) is 5.46. The van der Waals surface area contributed by atoms with Crippen molar-refractivity contribution in [3.63, 3.8) is 0 Å². The summed E-state index contributed by atoms with van der Waals surface area (Å²) in [5.41, 5.74) is 0.773. The molecule has 17 heavy (non-hydrogen) atoms. The molecule has 0 aromatic carbocycles. The number of aromatic nitrogens is 2. The minimum absolute atomic E-state index is 0.126. The molecule has 0 radical (unpaired) electrons. The summed E-state index contributed by atoms with van der Waals surface area (Å²) in [4.78, 5) is 8.09. The topological polar surface area (TPSA) is 81.2 Å². The van der Waals surface area contributed by atoms with E-state index in [0.29, 0.717) is 19.0 Å². The van der Waals surface area contributed by atoms with Crippen LogP contribution in [0.4, 0.5) is 0 Å². The van der Waals surface area contributed by atoms with Crippen molar-refractivity contribution in [2.45, 2.75) is 12.3 Å². The van der Waals surface area contributed by atoms with Crippen LogP contribution in [0, 0.1) is 0 Å². The summed E-state index contributed by atoms with van der Waals surface area (Å²) >= 11 is 0. The van der Waals surface area contributed by atoms with E-state index in [-0.39, 0.29) is 5.75 Å². The molecule has 0 atom stereocenters. The molecule has 1 aromatic heterocycles. The smallest absolute Gasteiger partial charge is 0.154 e. The molecule has 96 valence electrons. The predicted molar refractivity (Wildman–Crippen MR) is 64.2 cm³/mol. The lowest BCUT2D eigenvalue weighted by Gasteiger charge is -2.04. The molecule has 0 unspecified atom stereocenters. The number of rotatable bonds is 7. The van der Waals surface area contributed by atoms with Crippen molar-refractivity contribution < 1.29 is 13.2 Å². The minimum Gasteiger partial charge on any atom is -0.383 e. The minimum atomic E-state index is -3.09. The van der Waals surface area contributed by atoms with Crippen molar-refractivity contribution in [2.24, 2.45) is 0 Å². The Balaban J connectivity index is 2.54. The van der Waals surface area contributed by atoms with Crippen molar-refractivity contribution in [3.05, 3.63) is 23.8 Å².